The van der Waals surface area contributed by atoms with Crippen LogP contribution >= 0.6 is 0 Å². The topological polar surface area (TPSA) is 98.8 Å². The molecule has 208 valence electrons. The van der Waals surface area contributed by atoms with Gasteiger partial charge in [-0.05, 0) is 32.9 Å². The zero-order valence-corrected chi connectivity index (χ0v) is 24.3. The first-order valence-corrected chi connectivity index (χ1v) is 12.7. The van der Waals surface area contributed by atoms with Crippen LogP contribution in [0.4, 0.5) is 0 Å². The second kappa shape index (κ2) is 16.0. The number of hydrogen-bond donors (Lipinski definition) is 2. The van der Waals surface area contributed by atoms with Crippen LogP contribution in [0.5, 0.6) is 0 Å². The van der Waals surface area contributed by atoms with E-state index < -0.39 is 22.9 Å². The van der Waals surface area contributed by atoms with Crippen LogP contribution in [0.25, 0.3) is 0 Å². The van der Waals surface area contributed by atoms with Crippen LogP contribution in [-0.2, 0) is 19.2 Å². The average Bonchev–Trinajstić information content (AvgIpc) is 2.79. The molecule has 2 N–H and O–H groups in total. The van der Waals surface area contributed by atoms with E-state index in [0.29, 0.717) is 25.0 Å². The van der Waals surface area contributed by atoms with Crippen LogP contribution in [0.1, 0.15) is 54.4 Å². The van der Waals surface area contributed by atoms with Crippen molar-refractivity contribution in [2.75, 3.05) is 34.2 Å². The molecule has 0 spiro atoms. The Morgan fingerprint density at radius 1 is 1.00 bits per heavy atom. The molecule has 0 bridgehead atoms. The molecule has 8 heteroatoms. The van der Waals surface area contributed by atoms with Crippen molar-refractivity contribution < 1.29 is 19.2 Å². The van der Waals surface area contributed by atoms with Crippen molar-refractivity contribution in [1.82, 2.24) is 20.4 Å². The summed E-state index contributed by atoms with van der Waals surface area (Å²) < 4.78 is 0. The van der Waals surface area contributed by atoms with Crippen molar-refractivity contribution in [3.8, 4) is 0 Å². The van der Waals surface area contributed by atoms with E-state index in [1.54, 1.807) is 26.1 Å². The molecule has 0 aliphatic rings. The first-order valence-electron chi connectivity index (χ1n) is 12.7. The first kappa shape index (κ1) is 34.0. The minimum absolute atomic E-state index is 0.218. The average molecular weight is 517 g/mol. The monoisotopic (exact) mass is 516 g/mol. The van der Waals surface area contributed by atoms with Gasteiger partial charge < -0.3 is 20.3 Å². The fraction of sp³-hybridized carbons (Fsp3) is 0.586. The lowest BCUT2D eigenvalue weighted by Crippen LogP contribution is -2.59. The Hall–Kier alpha value is -3.00. The summed E-state index contributed by atoms with van der Waals surface area (Å²) in [7, 11) is 5.34. The third-order valence-electron chi connectivity index (χ3n) is 5.94. The van der Waals surface area contributed by atoms with Gasteiger partial charge in [0.05, 0.1) is 6.04 Å². The smallest absolute Gasteiger partial charge is 0.246 e. The van der Waals surface area contributed by atoms with Crippen LogP contribution in [0.2, 0.25) is 0 Å². The lowest BCUT2D eigenvalue weighted by molar-refractivity contribution is -0.140. The summed E-state index contributed by atoms with van der Waals surface area (Å²) in [6.45, 7) is 15.7. The number of unbranched alkanes of at least 4 members (excludes halogenated alkanes) is 1. The number of carbonyl (C=O) groups excluding carboxylic acids is 4. The fourth-order valence-electron chi connectivity index (χ4n) is 3.85. The highest BCUT2D eigenvalue weighted by atomic mass is 16.2. The van der Waals surface area contributed by atoms with Crippen molar-refractivity contribution in [3.05, 3.63) is 48.6 Å². The van der Waals surface area contributed by atoms with E-state index in [0.717, 1.165) is 6.29 Å². The molecule has 0 aromatic heterocycles. The Balaban J connectivity index is 5.61. The normalized spacial score (nSPS) is 14.5. The van der Waals surface area contributed by atoms with Crippen LogP contribution in [0.15, 0.2) is 48.6 Å². The van der Waals surface area contributed by atoms with Gasteiger partial charge in [-0.3, -0.25) is 19.3 Å². The van der Waals surface area contributed by atoms with E-state index in [1.165, 1.54) is 4.90 Å². The number of nitrogens with one attached hydrogen (secondary N) is 2. The molecule has 0 aliphatic carbocycles. The van der Waals surface area contributed by atoms with Crippen LogP contribution in [-0.4, -0.2) is 80.1 Å². The van der Waals surface area contributed by atoms with E-state index in [9.17, 15) is 19.2 Å². The molecular weight excluding hydrogens is 468 g/mol. The lowest BCUT2D eigenvalue weighted by Gasteiger charge is -2.39. The number of rotatable bonds is 15. The van der Waals surface area contributed by atoms with Crippen molar-refractivity contribution in [2.45, 2.75) is 66.5 Å². The Bertz CT molecular complexity index is 879. The van der Waals surface area contributed by atoms with Gasteiger partial charge in [0.15, 0.2) is 0 Å². The predicted molar refractivity (Wildman–Crippen MR) is 151 cm³/mol. The number of likely N-dealkylation sites (N-methyl/N-ethyl adjacent to an activating group) is 2. The van der Waals surface area contributed by atoms with E-state index >= 15 is 0 Å². The third kappa shape index (κ3) is 12.2. The highest BCUT2D eigenvalue weighted by molar-refractivity contribution is 5.93. The first-order chi connectivity index (χ1) is 17.1. The summed E-state index contributed by atoms with van der Waals surface area (Å²) in [4.78, 5) is 53.0. The van der Waals surface area contributed by atoms with Crippen molar-refractivity contribution >= 4 is 24.0 Å². The molecule has 0 saturated heterocycles. The predicted octanol–water partition coefficient (Wildman–Crippen LogP) is 3.27. The summed E-state index contributed by atoms with van der Waals surface area (Å²) in [6.07, 6.45) is 12.7. The van der Waals surface area contributed by atoms with Crippen LogP contribution < -0.4 is 10.6 Å². The van der Waals surface area contributed by atoms with Gasteiger partial charge in [0.2, 0.25) is 17.7 Å². The van der Waals surface area contributed by atoms with Crippen LogP contribution in [0, 0.1) is 10.8 Å². The molecule has 0 saturated carbocycles. The van der Waals surface area contributed by atoms with E-state index in [4.69, 9.17) is 0 Å². The van der Waals surface area contributed by atoms with Gasteiger partial charge in [-0.1, -0.05) is 77.7 Å². The number of amides is 3. The molecule has 0 radical (unpaired) electrons. The summed E-state index contributed by atoms with van der Waals surface area (Å²) in [5, 5.41) is 5.76. The van der Waals surface area contributed by atoms with Gasteiger partial charge in [0.25, 0.3) is 0 Å². The minimum atomic E-state index is -0.765. The van der Waals surface area contributed by atoms with Gasteiger partial charge in [-0.2, -0.15) is 0 Å². The molecule has 8 nitrogen and oxygen atoms in total. The van der Waals surface area contributed by atoms with Crippen molar-refractivity contribution in [1.29, 1.82) is 0 Å². The molecule has 0 aromatic rings. The summed E-state index contributed by atoms with van der Waals surface area (Å²) in [5.41, 5.74) is -0.580. The van der Waals surface area contributed by atoms with E-state index in [2.05, 4.69) is 17.2 Å². The molecule has 0 rings (SSSR count). The van der Waals surface area contributed by atoms with Gasteiger partial charge in [0.1, 0.15) is 12.3 Å². The zero-order chi connectivity index (χ0) is 28.8. The largest absolute Gasteiger partial charge is 0.352 e. The van der Waals surface area contributed by atoms with E-state index in [1.807, 2.05) is 77.9 Å². The number of nitrogens with zero attached hydrogens (tertiary/aromatic N) is 2. The number of hydrogen-bond acceptors (Lipinski definition) is 5. The Morgan fingerprint density at radius 2 is 1.62 bits per heavy atom. The minimum Gasteiger partial charge on any atom is -0.352 e. The highest BCUT2D eigenvalue weighted by Crippen LogP contribution is 2.28. The number of allylic oxidation sites excluding steroid dienone is 4. The van der Waals surface area contributed by atoms with Crippen molar-refractivity contribution in [2.24, 2.45) is 10.8 Å². The van der Waals surface area contributed by atoms with Gasteiger partial charge in [-0.25, -0.2) is 0 Å². The van der Waals surface area contributed by atoms with Gasteiger partial charge in [-0.15, -0.1) is 0 Å². The maximum Gasteiger partial charge on any atom is 0.246 e. The van der Waals surface area contributed by atoms with Gasteiger partial charge in [0, 0.05) is 37.5 Å². The standard InChI is InChI=1S/C29H48N4O4/c1-11-12-13-14-18-29(6,7)24(32(8)9)26(36)31-23(28(3,4)5)27(37)33(10)20-17-22(2)25(35)30-19-15-16-21-34/h11-14,17-18,21,23-24H,1,15-16,19-20H2,2-10H3,(H,30,35)(H,31,36)/b13-12-,18-14+,22-17+. The van der Waals surface area contributed by atoms with E-state index in [-0.39, 0.29) is 24.3 Å². The molecule has 0 fully saturated rings. The number of aldehydes is 1. The fourth-order valence-corrected chi connectivity index (χ4v) is 3.85. The van der Waals surface area contributed by atoms with Gasteiger partial charge >= 0.3 is 0 Å². The SMILES string of the molecule is C=C/C=C\C=C\C(C)(C)C(C(=O)NC(C(=O)N(C)C/C=C(\C)C(=O)NCCCC=O)C(C)(C)C)N(C)C. The quantitative estimate of drug-likeness (QED) is 0.151. The molecule has 0 aliphatic heterocycles. The molecule has 0 aromatic carbocycles. The molecular formula is C29H48N4O4. The summed E-state index contributed by atoms with van der Waals surface area (Å²) in [6, 6.07) is -1.28. The highest BCUT2D eigenvalue weighted by Gasteiger charge is 2.40. The lowest BCUT2D eigenvalue weighted by atomic mass is 9.81. The summed E-state index contributed by atoms with van der Waals surface area (Å²) >= 11 is 0. The molecule has 0 heterocycles. The second-order valence-corrected chi connectivity index (χ2v) is 11.1. The zero-order valence-electron chi connectivity index (χ0n) is 24.3. The van der Waals surface area contributed by atoms with Crippen molar-refractivity contribution in [3.63, 3.8) is 0 Å². The van der Waals surface area contributed by atoms with Crippen LogP contribution in [0.3, 0.4) is 0 Å². The maximum atomic E-state index is 13.5. The Labute approximate surface area is 223 Å². The molecule has 2 atom stereocenters. The maximum absolute atomic E-state index is 13.5. The third-order valence-corrected chi connectivity index (χ3v) is 5.94. The molecule has 2 unspecified atom stereocenters. The number of carbonyl (C=O) groups is 4. The molecule has 37 heavy (non-hydrogen) atoms. The Kier molecular flexibility index (Phi) is 14.7. The summed E-state index contributed by atoms with van der Waals surface area (Å²) in [5.74, 6) is -0.717. The second-order valence-electron chi connectivity index (χ2n) is 11.1. The molecule has 3 amide bonds. The Morgan fingerprint density at radius 3 is 2.14 bits per heavy atom.